The maximum atomic E-state index is 15.4. The standard InChI is InChI=1S/C34H29ClF2N2O6S/c1-2-14-39(30-19-26(28(36)20-29(30)37)24-12-7-4-8-13-24)46(42,43)31-18-25(34(41)38-15-9-16-38)17-27(35)33(31)45-22-32(40)44-21-23-10-5-3-6-11-23/h2-8,10-13,17-20H,1,9,14-16,21-22H2. The number of hydrogen-bond acceptors (Lipinski definition) is 6. The smallest absolute Gasteiger partial charge is 0.344 e. The van der Waals surface area contributed by atoms with Gasteiger partial charge in [0.2, 0.25) is 0 Å². The second-order valence-corrected chi connectivity index (χ2v) is 12.6. The molecule has 0 bridgehead atoms. The van der Waals surface area contributed by atoms with Crippen LogP contribution in [-0.4, -0.2) is 51.4 Å². The molecule has 8 nitrogen and oxygen atoms in total. The largest absolute Gasteiger partial charge is 0.479 e. The lowest BCUT2D eigenvalue weighted by molar-refractivity contribution is -0.147. The van der Waals surface area contributed by atoms with Gasteiger partial charge in [0, 0.05) is 30.3 Å². The minimum Gasteiger partial charge on any atom is -0.479 e. The Kier molecular flexibility index (Phi) is 10.0. The second-order valence-electron chi connectivity index (χ2n) is 10.3. The third kappa shape index (κ3) is 7.05. The van der Waals surface area contributed by atoms with E-state index in [9.17, 15) is 22.4 Å². The topological polar surface area (TPSA) is 93.2 Å². The number of amides is 1. The quantitative estimate of drug-likeness (QED) is 0.124. The van der Waals surface area contributed by atoms with Gasteiger partial charge >= 0.3 is 5.97 Å². The number of ether oxygens (including phenoxy) is 2. The molecule has 1 aliphatic heterocycles. The Hall–Kier alpha value is -4.74. The highest BCUT2D eigenvalue weighted by molar-refractivity contribution is 7.93. The SMILES string of the molecule is C=CCN(c1cc(-c2ccccc2)c(F)cc1F)S(=O)(=O)c1cc(C(=O)N2CCC2)cc(Cl)c1OCC(=O)OCc1ccccc1. The van der Waals surface area contributed by atoms with Crippen LogP contribution < -0.4 is 9.04 Å². The van der Waals surface area contributed by atoms with Crippen molar-refractivity contribution in [1.29, 1.82) is 0 Å². The predicted octanol–water partition coefficient (Wildman–Crippen LogP) is 6.63. The maximum Gasteiger partial charge on any atom is 0.344 e. The molecule has 0 aliphatic carbocycles. The normalized spacial score (nSPS) is 12.6. The highest BCUT2D eigenvalue weighted by atomic mass is 35.5. The van der Waals surface area contributed by atoms with E-state index in [0.29, 0.717) is 29.0 Å². The molecule has 46 heavy (non-hydrogen) atoms. The summed E-state index contributed by atoms with van der Waals surface area (Å²) in [6.07, 6.45) is 2.01. The Morgan fingerprint density at radius 3 is 2.26 bits per heavy atom. The zero-order valence-corrected chi connectivity index (χ0v) is 26.1. The Balaban J connectivity index is 1.55. The lowest BCUT2D eigenvalue weighted by Crippen LogP contribution is -2.42. The first kappa shape index (κ1) is 32.6. The molecule has 12 heteroatoms. The lowest BCUT2D eigenvalue weighted by atomic mass is 10.0. The van der Waals surface area contributed by atoms with Gasteiger partial charge in [-0.15, -0.1) is 6.58 Å². The second kappa shape index (κ2) is 14.1. The summed E-state index contributed by atoms with van der Waals surface area (Å²) in [5, 5.41) is -0.274. The van der Waals surface area contributed by atoms with Crippen molar-refractivity contribution in [3.05, 3.63) is 125 Å². The third-order valence-corrected chi connectivity index (χ3v) is 9.30. The van der Waals surface area contributed by atoms with Crippen LogP contribution in [0, 0.1) is 11.6 Å². The third-order valence-electron chi connectivity index (χ3n) is 7.23. The van der Waals surface area contributed by atoms with Gasteiger partial charge in [-0.2, -0.15) is 0 Å². The average molecular weight is 667 g/mol. The van der Waals surface area contributed by atoms with E-state index >= 15 is 4.39 Å². The number of likely N-dealkylation sites (tertiary alicyclic amines) is 1. The van der Waals surface area contributed by atoms with Crippen LogP contribution in [-0.2, 0) is 26.2 Å². The van der Waals surface area contributed by atoms with Crippen molar-refractivity contribution in [1.82, 2.24) is 4.90 Å². The Bertz CT molecular complexity index is 1870. The number of nitrogens with zero attached hydrogens (tertiary/aromatic N) is 2. The highest BCUT2D eigenvalue weighted by Gasteiger charge is 2.34. The Labute approximate surface area is 270 Å². The van der Waals surface area contributed by atoms with Gasteiger partial charge in [0.15, 0.2) is 12.4 Å². The first-order valence-electron chi connectivity index (χ1n) is 14.2. The fourth-order valence-corrected chi connectivity index (χ4v) is 6.71. The predicted molar refractivity (Wildman–Crippen MR) is 170 cm³/mol. The number of esters is 1. The average Bonchev–Trinajstić information content (AvgIpc) is 3.02. The van der Waals surface area contributed by atoms with Crippen LogP contribution in [0.5, 0.6) is 5.75 Å². The summed E-state index contributed by atoms with van der Waals surface area (Å²) in [6, 6.07) is 21.1. The number of anilines is 1. The summed E-state index contributed by atoms with van der Waals surface area (Å²) in [7, 11) is -4.81. The van der Waals surface area contributed by atoms with Crippen molar-refractivity contribution in [3.63, 3.8) is 0 Å². The molecule has 1 saturated heterocycles. The maximum absolute atomic E-state index is 15.4. The van der Waals surface area contributed by atoms with E-state index in [1.54, 1.807) is 54.6 Å². The molecule has 0 unspecified atom stereocenters. The first-order chi connectivity index (χ1) is 22.1. The Morgan fingerprint density at radius 1 is 0.957 bits per heavy atom. The monoisotopic (exact) mass is 666 g/mol. The van der Waals surface area contributed by atoms with E-state index in [4.69, 9.17) is 21.1 Å². The van der Waals surface area contributed by atoms with E-state index in [-0.39, 0.29) is 22.8 Å². The molecule has 1 heterocycles. The zero-order chi connectivity index (χ0) is 32.8. The van der Waals surface area contributed by atoms with Gasteiger partial charge in [-0.3, -0.25) is 9.10 Å². The molecule has 4 aromatic rings. The molecule has 0 radical (unpaired) electrons. The van der Waals surface area contributed by atoms with Crippen molar-refractivity contribution in [2.24, 2.45) is 0 Å². The van der Waals surface area contributed by atoms with Crippen LogP contribution in [0.3, 0.4) is 0 Å². The number of rotatable bonds is 12. The van der Waals surface area contributed by atoms with Gasteiger partial charge in [0.1, 0.15) is 23.1 Å². The molecule has 1 fully saturated rings. The van der Waals surface area contributed by atoms with E-state index in [2.05, 4.69) is 6.58 Å². The molecule has 0 saturated carbocycles. The zero-order valence-electron chi connectivity index (χ0n) is 24.5. The van der Waals surface area contributed by atoms with Crippen LogP contribution in [0.25, 0.3) is 11.1 Å². The Morgan fingerprint density at radius 2 is 1.63 bits per heavy atom. The molecular formula is C34H29ClF2N2O6S. The summed E-state index contributed by atoms with van der Waals surface area (Å²) < 4.78 is 70.7. The van der Waals surface area contributed by atoms with Crippen LogP contribution >= 0.6 is 11.6 Å². The number of carbonyl (C=O) groups is 2. The van der Waals surface area contributed by atoms with Gasteiger partial charge in [-0.05, 0) is 35.7 Å². The number of carbonyl (C=O) groups excluding carboxylic acids is 2. The van der Waals surface area contributed by atoms with Crippen molar-refractivity contribution in [3.8, 4) is 16.9 Å². The van der Waals surface area contributed by atoms with Crippen LogP contribution in [0.15, 0.2) is 102 Å². The molecular weight excluding hydrogens is 638 g/mol. The molecule has 4 aromatic carbocycles. The van der Waals surface area contributed by atoms with E-state index < -0.39 is 63.0 Å². The highest BCUT2D eigenvalue weighted by Crippen LogP contribution is 2.39. The summed E-state index contributed by atoms with van der Waals surface area (Å²) >= 11 is 6.52. The van der Waals surface area contributed by atoms with E-state index in [1.165, 1.54) is 17.0 Å². The van der Waals surface area contributed by atoms with Gasteiger partial charge in [-0.25, -0.2) is 22.0 Å². The fourth-order valence-electron chi connectivity index (χ4n) is 4.77. The van der Waals surface area contributed by atoms with Crippen molar-refractivity contribution >= 4 is 39.2 Å². The van der Waals surface area contributed by atoms with E-state index in [0.717, 1.165) is 24.1 Å². The first-order valence-corrected chi connectivity index (χ1v) is 16.0. The van der Waals surface area contributed by atoms with Gasteiger partial charge < -0.3 is 14.4 Å². The van der Waals surface area contributed by atoms with Crippen molar-refractivity contribution < 1.29 is 36.3 Å². The summed E-state index contributed by atoms with van der Waals surface area (Å²) in [5.74, 6) is -3.78. The number of halogens is 3. The van der Waals surface area contributed by atoms with Gasteiger partial charge in [0.25, 0.3) is 15.9 Å². The van der Waals surface area contributed by atoms with E-state index in [1.807, 2.05) is 6.07 Å². The molecule has 0 aromatic heterocycles. The van der Waals surface area contributed by atoms with Crippen molar-refractivity contribution in [2.45, 2.75) is 17.9 Å². The van der Waals surface area contributed by atoms with Gasteiger partial charge in [0.05, 0.1) is 17.3 Å². The molecule has 1 amide bonds. The minimum absolute atomic E-state index is 0.0429. The molecule has 238 valence electrons. The molecule has 0 atom stereocenters. The van der Waals surface area contributed by atoms with Crippen LogP contribution in [0.2, 0.25) is 5.02 Å². The summed E-state index contributed by atoms with van der Waals surface area (Å²) in [5.41, 5.74) is 0.538. The fraction of sp³-hybridized carbons (Fsp3) is 0.176. The summed E-state index contributed by atoms with van der Waals surface area (Å²) in [4.78, 5) is 26.6. The number of benzene rings is 4. The molecule has 0 N–H and O–H groups in total. The van der Waals surface area contributed by atoms with Crippen LogP contribution in [0.1, 0.15) is 22.3 Å². The van der Waals surface area contributed by atoms with Crippen molar-refractivity contribution in [2.75, 3.05) is 30.5 Å². The lowest BCUT2D eigenvalue weighted by Gasteiger charge is -2.31. The van der Waals surface area contributed by atoms with Gasteiger partial charge in [-0.1, -0.05) is 78.3 Å². The van der Waals surface area contributed by atoms with Crippen LogP contribution in [0.4, 0.5) is 14.5 Å². The molecule has 5 rings (SSSR count). The molecule has 1 aliphatic rings. The number of sulfonamides is 1. The molecule has 0 spiro atoms. The minimum atomic E-state index is -4.81. The number of hydrogen-bond donors (Lipinski definition) is 0. The summed E-state index contributed by atoms with van der Waals surface area (Å²) in [6.45, 7) is 3.36.